The number of rotatable bonds is 3. The van der Waals surface area contributed by atoms with Gasteiger partial charge < -0.3 is 15.1 Å². The standard InChI is InChI=1S/C21H24N4O/c1-3-18-6-4-5-16(2)20(18)24-11-13-25(14-12-24)21(26)23-19-9-7-17(15-22)8-10-19/h4-10H,3,11-14H2,1-2H3,(H,23,26). The Morgan fingerprint density at radius 3 is 2.42 bits per heavy atom. The third-order valence-corrected chi connectivity index (χ3v) is 4.85. The average molecular weight is 348 g/mol. The molecule has 1 N–H and O–H groups in total. The Hall–Kier alpha value is -3.00. The van der Waals surface area contributed by atoms with Gasteiger partial charge in [0.2, 0.25) is 0 Å². The van der Waals surface area contributed by atoms with E-state index in [9.17, 15) is 4.79 Å². The number of urea groups is 1. The molecule has 5 nitrogen and oxygen atoms in total. The quantitative estimate of drug-likeness (QED) is 0.918. The Morgan fingerprint density at radius 2 is 1.81 bits per heavy atom. The smallest absolute Gasteiger partial charge is 0.321 e. The summed E-state index contributed by atoms with van der Waals surface area (Å²) in [6.45, 7) is 7.38. The van der Waals surface area contributed by atoms with E-state index in [1.54, 1.807) is 24.3 Å². The van der Waals surface area contributed by atoms with Gasteiger partial charge >= 0.3 is 6.03 Å². The number of benzene rings is 2. The molecule has 26 heavy (non-hydrogen) atoms. The van der Waals surface area contributed by atoms with Crippen LogP contribution in [0, 0.1) is 18.3 Å². The minimum atomic E-state index is -0.0881. The molecule has 0 radical (unpaired) electrons. The maximum absolute atomic E-state index is 12.5. The summed E-state index contributed by atoms with van der Waals surface area (Å²) in [6.07, 6.45) is 1.01. The topological polar surface area (TPSA) is 59.4 Å². The van der Waals surface area contributed by atoms with Crippen LogP contribution in [0.25, 0.3) is 0 Å². The number of carbonyl (C=O) groups excluding carboxylic acids is 1. The fourth-order valence-corrected chi connectivity index (χ4v) is 3.42. The zero-order valence-corrected chi connectivity index (χ0v) is 15.3. The second-order valence-corrected chi connectivity index (χ2v) is 6.53. The van der Waals surface area contributed by atoms with Crippen molar-refractivity contribution >= 4 is 17.4 Å². The predicted octanol–water partition coefficient (Wildman–Crippen LogP) is 3.78. The molecule has 0 saturated carbocycles. The number of hydrogen-bond donors (Lipinski definition) is 1. The van der Waals surface area contributed by atoms with Crippen LogP contribution in [0.4, 0.5) is 16.2 Å². The van der Waals surface area contributed by atoms with Crippen LogP contribution >= 0.6 is 0 Å². The largest absolute Gasteiger partial charge is 0.368 e. The molecule has 0 spiro atoms. The van der Waals surface area contributed by atoms with Gasteiger partial charge in [-0.3, -0.25) is 0 Å². The lowest BCUT2D eigenvalue weighted by molar-refractivity contribution is 0.208. The predicted molar refractivity (Wildman–Crippen MR) is 105 cm³/mol. The average Bonchev–Trinajstić information content (AvgIpc) is 2.68. The monoisotopic (exact) mass is 348 g/mol. The molecule has 2 amide bonds. The molecule has 0 bridgehead atoms. The van der Waals surface area contributed by atoms with Gasteiger partial charge in [-0.2, -0.15) is 5.26 Å². The van der Waals surface area contributed by atoms with Crippen molar-refractivity contribution in [1.82, 2.24) is 4.90 Å². The number of para-hydroxylation sites is 1. The van der Waals surface area contributed by atoms with Crippen LogP contribution in [0.2, 0.25) is 0 Å². The van der Waals surface area contributed by atoms with E-state index >= 15 is 0 Å². The van der Waals surface area contributed by atoms with Gasteiger partial charge in [0.25, 0.3) is 0 Å². The van der Waals surface area contributed by atoms with Crippen LogP contribution in [-0.2, 0) is 6.42 Å². The van der Waals surface area contributed by atoms with E-state index in [1.165, 1.54) is 16.8 Å². The Bertz CT molecular complexity index is 815. The van der Waals surface area contributed by atoms with Crippen molar-refractivity contribution in [3.8, 4) is 6.07 Å². The van der Waals surface area contributed by atoms with Crippen LogP contribution in [0.3, 0.4) is 0 Å². The molecule has 2 aromatic rings. The van der Waals surface area contributed by atoms with Crippen LogP contribution < -0.4 is 10.2 Å². The van der Waals surface area contributed by atoms with Crippen molar-refractivity contribution in [2.24, 2.45) is 0 Å². The number of anilines is 2. The van der Waals surface area contributed by atoms with E-state index in [0.29, 0.717) is 24.3 Å². The lowest BCUT2D eigenvalue weighted by Crippen LogP contribution is -2.50. The van der Waals surface area contributed by atoms with Crippen LogP contribution in [-0.4, -0.2) is 37.1 Å². The first-order chi connectivity index (χ1) is 12.6. The summed E-state index contributed by atoms with van der Waals surface area (Å²) in [7, 11) is 0. The Balaban J connectivity index is 1.61. The number of amides is 2. The van der Waals surface area contributed by atoms with Gasteiger partial charge in [0, 0.05) is 37.6 Å². The van der Waals surface area contributed by atoms with Gasteiger partial charge in [-0.25, -0.2) is 4.79 Å². The number of hydrogen-bond acceptors (Lipinski definition) is 3. The molecule has 0 aromatic heterocycles. The maximum Gasteiger partial charge on any atom is 0.321 e. The minimum Gasteiger partial charge on any atom is -0.368 e. The number of piperazine rings is 1. The molecule has 0 unspecified atom stereocenters. The molecule has 5 heteroatoms. The molecule has 0 aliphatic carbocycles. The third kappa shape index (κ3) is 3.80. The van der Waals surface area contributed by atoms with Crippen LogP contribution in [0.1, 0.15) is 23.6 Å². The molecular weight excluding hydrogens is 324 g/mol. The van der Waals surface area contributed by atoms with Crippen molar-refractivity contribution in [2.75, 3.05) is 36.4 Å². The van der Waals surface area contributed by atoms with Gasteiger partial charge in [0.15, 0.2) is 0 Å². The first-order valence-corrected chi connectivity index (χ1v) is 9.02. The highest BCUT2D eigenvalue weighted by Gasteiger charge is 2.23. The summed E-state index contributed by atoms with van der Waals surface area (Å²) in [5.41, 5.74) is 5.27. The highest BCUT2D eigenvalue weighted by molar-refractivity contribution is 5.89. The van der Waals surface area contributed by atoms with Gasteiger partial charge in [-0.15, -0.1) is 0 Å². The van der Waals surface area contributed by atoms with Crippen LogP contribution in [0.15, 0.2) is 42.5 Å². The molecule has 2 aromatic carbocycles. The van der Waals surface area contributed by atoms with E-state index < -0.39 is 0 Å². The summed E-state index contributed by atoms with van der Waals surface area (Å²) < 4.78 is 0. The fraction of sp³-hybridized carbons (Fsp3) is 0.333. The van der Waals surface area contributed by atoms with E-state index in [1.807, 2.05) is 4.90 Å². The van der Waals surface area contributed by atoms with Crippen molar-refractivity contribution in [2.45, 2.75) is 20.3 Å². The number of carbonyl (C=O) groups is 1. The molecule has 134 valence electrons. The highest BCUT2D eigenvalue weighted by atomic mass is 16.2. The van der Waals surface area contributed by atoms with Crippen molar-refractivity contribution in [1.29, 1.82) is 5.26 Å². The summed E-state index contributed by atoms with van der Waals surface area (Å²) >= 11 is 0. The second-order valence-electron chi connectivity index (χ2n) is 6.53. The molecule has 1 saturated heterocycles. The van der Waals surface area contributed by atoms with Gasteiger partial charge in [-0.05, 0) is 48.7 Å². The first kappa shape index (κ1) is 17.8. The number of nitrogens with one attached hydrogen (secondary N) is 1. The molecule has 1 fully saturated rings. The van der Waals surface area contributed by atoms with Crippen molar-refractivity contribution in [3.05, 3.63) is 59.2 Å². The summed E-state index contributed by atoms with van der Waals surface area (Å²) in [6, 6.07) is 15.4. The van der Waals surface area contributed by atoms with E-state index in [4.69, 9.17) is 5.26 Å². The van der Waals surface area contributed by atoms with Gasteiger partial charge in [-0.1, -0.05) is 25.1 Å². The van der Waals surface area contributed by atoms with Crippen molar-refractivity contribution in [3.63, 3.8) is 0 Å². The van der Waals surface area contributed by atoms with Crippen molar-refractivity contribution < 1.29 is 4.79 Å². The molecule has 1 aliphatic rings. The van der Waals surface area contributed by atoms with E-state index in [2.05, 4.69) is 48.3 Å². The Labute approximate surface area is 154 Å². The SMILES string of the molecule is CCc1cccc(C)c1N1CCN(C(=O)Nc2ccc(C#N)cc2)CC1. The zero-order valence-electron chi connectivity index (χ0n) is 15.3. The minimum absolute atomic E-state index is 0.0881. The maximum atomic E-state index is 12.5. The summed E-state index contributed by atoms with van der Waals surface area (Å²) in [5, 5.41) is 11.8. The first-order valence-electron chi connectivity index (χ1n) is 9.02. The zero-order chi connectivity index (χ0) is 18.5. The molecule has 0 atom stereocenters. The van der Waals surface area contributed by atoms with E-state index in [-0.39, 0.29) is 6.03 Å². The van der Waals surface area contributed by atoms with E-state index in [0.717, 1.165) is 19.5 Å². The number of nitrogens with zero attached hydrogens (tertiary/aromatic N) is 3. The van der Waals surface area contributed by atoms with Gasteiger partial charge in [0.05, 0.1) is 11.6 Å². The lowest BCUT2D eigenvalue weighted by atomic mass is 10.0. The Morgan fingerprint density at radius 1 is 1.12 bits per heavy atom. The second kappa shape index (κ2) is 7.92. The summed E-state index contributed by atoms with van der Waals surface area (Å²) in [5.74, 6) is 0. The number of nitriles is 1. The molecule has 3 rings (SSSR count). The summed E-state index contributed by atoms with van der Waals surface area (Å²) in [4.78, 5) is 16.7. The normalized spacial score (nSPS) is 14.0. The fourth-order valence-electron chi connectivity index (χ4n) is 3.42. The van der Waals surface area contributed by atoms with Gasteiger partial charge in [0.1, 0.15) is 0 Å². The molecule has 1 aliphatic heterocycles. The van der Waals surface area contributed by atoms with Crippen LogP contribution in [0.5, 0.6) is 0 Å². The molecule has 1 heterocycles. The Kier molecular flexibility index (Phi) is 5.43. The third-order valence-electron chi connectivity index (χ3n) is 4.85. The number of aryl methyl sites for hydroxylation is 2. The highest BCUT2D eigenvalue weighted by Crippen LogP contribution is 2.27. The lowest BCUT2D eigenvalue weighted by Gasteiger charge is -2.37. The molecular formula is C21H24N4O.